The van der Waals surface area contributed by atoms with E-state index in [1.54, 1.807) is 0 Å². The number of likely N-dealkylation sites (tertiary alicyclic amines) is 1. The largest absolute Gasteiger partial charge is 0.354 e. The monoisotopic (exact) mass is 360 g/mol. The number of carbonyl (C=O) groups is 2. The van der Waals surface area contributed by atoms with E-state index >= 15 is 0 Å². The third kappa shape index (κ3) is 5.26. The van der Waals surface area contributed by atoms with Gasteiger partial charge in [-0.25, -0.2) is 9.97 Å². The Balaban J connectivity index is 2.13. The minimum Gasteiger partial charge on any atom is -0.354 e. The summed E-state index contributed by atoms with van der Waals surface area (Å²) in [5, 5.41) is 2.92. The lowest BCUT2D eigenvalue weighted by Crippen LogP contribution is -2.39. The van der Waals surface area contributed by atoms with Gasteiger partial charge in [0.1, 0.15) is 5.82 Å². The first-order valence-corrected chi connectivity index (χ1v) is 9.73. The Morgan fingerprint density at radius 2 is 1.88 bits per heavy atom. The van der Waals surface area contributed by atoms with Gasteiger partial charge in [-0.05, 0) is 47.0 Å². The molecule has 0 bridgehead atoms. The van der Waals surface area contributed by atoms with Crippen molar-refractivity contribution in [1.29, 1.82) is 0 Å². The minimum absolute atomic E-state index is 0.00319. The summed E-state index contributed by atoms with van der Waals surface area (Å²) in [6.45, 7) is 11.4. The lowest BCUT2D eigenvalue weighted by molar-refractivity contribution is -0.132. The Labute approximate surface area is 156 Å². The number of nitrogens with zero attached hydrogens (tertiary/aromatic N) is 3. The van der Waals surface area contributed by atoms with Crippen LogP contribution in [0.5, 0.6) is 0 Å². The number of nitrogens with one attached hydrogen (secondary N) is 1. The summed E-state index contributed by atoms with van der Waals surface area (Å²) in [6, 6.07) is 0.122. The number of amides is 2. The Bertz CT molecular complexity index is 634. The molecule has 2 rings (SSSR count). The van der Waals surface area contributed by atoms with E-state index in [0.717, 1.165) is 48.6 Å². The van der Waals surface area contributed by atoms with Crippen LogP contribution >= 0.6 is 0 Å². The highest BCUT2D eigenvalue weighted by Gasteiger charge is 2.27. The highest BCUT2D eigenvalue weighted by Crippen LogP contribution is 2.26. The van der Waals surface area contributed by atoms with Gasteiger partial charge in [-0.1, -0.05) is 6.92 Å². The van der Waals surface area contributed by atoms with Crippen LogP contribution in [0, 0.1) is 13.8 Å². The van der Waals surface area contributed by atoms with Gasteiger partial charge in [0, 0.05) is 48.4 Å². The van der Waals surface area contributed by atoms with Gasteiger partial charge in [-0.15, -0.1) is 0 Å². The van der Waals surface area contributed by atoms with Crippen LogP contribution in [0.2, 0.25) is 0 Å². The van der Waals surface area contributed by atoms with Crippen LogP contribution in [0.4, 0.5) is 0 Å². The normalized spacial score (nSPS) is 17.5. The van der Waals surface area contributed by atoms with Crippen LogP contribution in [-0.2, 0) is 16.0 Å². The molecule has 26 heavy (non-hydrogen) atoms. The first kappa shape index (κ1) is 20.3. The lowest BCUT2D eigenvalue weighted by Gasteiger charge is -2.32. The van der Waals surface area contributed by atoms with Crippen molar-refractivity contribution in [2.24, 2.45) is 0 Å². The average Bonchev–Trinajstić information content (AvgIpc) is 2.57. The summed E-state index contributed by atoms with van der Waals surface area (Å²) in [7, 11) is 0. The van der Waals surface area contributed by atoms with Crippen molar-refractivity contribution < 1.29 is 9.59 Å². The zero-order valence-electron chi connectivity index (χ0n) is 16.8. The molecular formula is C20H32N4O2. The van der Waals surface area contributed by atoms with Crippen LogP contribution in [0.3, 0.4) is 0 Å². The number of carbonyl (C=O) groups excluding carboxylic acids is 2. The molecule has 0 radical (unpaired) electrons. The van der Waals surface area contributed by atoms with Gasteiger partial charge in [0.15, 0.2) is 0 Å². The highest BCUT2D eigenvalue weighted by atomic mass is 16.2. The molecule has 1 saturated heterocycles. The molecule has 2 amide bonds. The maximum absolute atomic E-state index is 12.2. The second kappa shape index (κ2) is 9.10. The number of hydrogen-bond donors (Lipinski definition) is 1. The third-order valence-electron chi connectivity index (χ3n) is 4.83. The molecular weight excluding hydrogens is 328 g/mol. The SMILES string of the molecule is CCCC(=O)N1CCC[C@H](c2nc(C)c(CC(=O)NC(C)C)c(C)n2)C1. The number of hydrogen-bond acceptors (Lipinski definition) is 4. The smallest absolute Gasteiger partial charge is 0.224 e. The summed E-state index contributed by atoms with van der Waals surface area (Å²) in [5.74, 6) is 1.21. The van der Waals surface area contributed by atoms with Gasteiger partial charge in [0.2, 0.25) is 11.8 Å². The molecule has 1 aliphatic heterocycles. The molecule has 1 fully saturated rings. The van der Waals surface area contributed by atoms with E-state index in [-0.39, 0.29) is 23.8 Å². The first-order chi connectivity index (χ1) is 12.3. The summed E-state index contributed by atoms with van der Waals surface area (Å²) in [5.41, 5.74) is 2.63. The minimum atomic E-state index is -0.00319. The van der Waals surface area contributed by atoms with E-state index < -0.39 is 0 Å². The van der Waals surface area contributed by atoms with Crippen molar-refractivity contribution in [3.63, 3.8) is 0 Å². The van der Waals surface area contributed by atoms with Gasteiger partial charge in [0.25, 0.3) is 0 Å². The van der Waals surface area contributed by atoms with Crippen LogP contribution < -0.4 is 5.32 Å². The van der Waals surface area contributed by atoms with E-state index in [0.29, 0.717) is 19.4 Å². The fraction of sp³-hybridized carbons (Fsp3) is 0.700. The molecule has 144 valence electrons. The second-order valence-corrected chi connectivity index (χ2v) is 7.56. The highest BCUT2D eigenvalue weighted by molar-refractivity contribution is 5.79. The topological polar surface area (TPSA) is 75.2 Å². The summed E-state index contributed by atoms with van der Waals surface area (Å²) >= 11 is 0. The number of aryl methyl sites for hydroxylation is 2. The maximum Gasteiger partial charge on any atom is 0.224 e. The van der Waals surface area contributed by atoms with E-state index in [2.05, 4.69) is 5.32 Å². The number of rotatable bonds is 6. The summed E-state index contributed by atoms with van der Waals surface area (Å²) < 4.78 is 0. The molecule has 6 heteroatoms. The predicted octanol–water partition coefficient (Wildman–Crippen LogP) is 2.67. The van der Waals surface area contributed by atoms with Crippen molar-refractivity contribution in [2.75, 3.05) is 13.1 Å². The van der Waals surface area contributed by atoms with Gasteiger partial charge in [-0.3, -0.25) is 9.59 Å². The molecule has 0 saturated carbocycles. The average molecular weight is 361 g/mol. The molecule has 0 aromatic carbocycles. The molecule has 1 aliphatic rings. The summed E-state index contributed by atoms with van der Waals surface area (Å²) in [4.78, 5) is 35.7. The van der Waals surface area contributed by atoms with Crippen molar-refractivity contribution in [3.8, 4) is 0 Å². The van der Waals surface area contributed by atoms with Crippen molar-refractivity contribution in [2.45, 2.75) is 78.7 Å². The predicted molar refractivity (Wildman–Crippen MR) is 102 cm³/mol. The first-order valence-electron chi connectivity index (χ1n) is 9.73. The van der Waals surface area contributed by atoms with Gasteiger partial charge in [0.05, 0.1) is 6.42 Å². The molecule has 1 atom stereocenters. The van der Waals surface area contributed by atoms with E-state index in [9.17, 15) is 9.59 Å². The molecule has 0 aliphatic carbocycles. The summed E-state index contributed by atoms with van der Waals surface area (Å²) in [6.07, 6.45) is 3.78. The fourth-order valence-corrected chi connectivity index (χ4v) is 3.52. The van der Waals surface area contributed by atoms with Gasteiger partial charge in [-0.2, -0.15) is 0 Å². The molecule has 0 spiro atoms. The molecule has 0 unspecified atom stereocenters. The standard InChI is InChI=1S/C20H32N4O2/c1-6-8-19(26)24-10-7-9-16(12-24)20-22-14(4)17(15(5)23-20)11-18(25)21-13(2)3/h13,16H,6-12H2,1-5H3,(H,21,25)/t16-/m0/s1. The van der Waals surface area contributed by atoms with Crippen LogP contribution in [0.15, 0.2) is 0 Å². The maximum atomic E-state index is 12.2. The zero-order chi connectivity index (χ0) is 19.3. The molecule has 1 aromatic rings. The van der Waals surface area contributed by atoms with Gasteiger partial charge < -0.3 is 10.2 Å². The van der Waals surface area contributed by atoms with Crippen LogP contribution in [0.1, 0.15) is 75.1 Å². The lowest BCUT2D eigenvalue weighted by atomic mass is 9.96. The number of aromatic nitrogens is 2. The molecule has 1 aromatic heterocycles. The van der Waals surface area contributed by atoms with Crippen molar-refractivity contribution in [3.05, 3.63) is 22.8 Å². The molecule has 1 N–H and O–H groups in total. The Morgan fingerprint density at radius 3 is 2.46 bits per heavy atom. The van der Waals surface area contributed by atoms with Crippen molar-refractivity contribution >= 4 is 11.8 Å². The molecule has 6 nitrogen and oxygen atoms in total. The van der Waals surface area contributed by atoms with Crippen LogP contribution in [-0.4, -0.2) is 45.8 Å². The Hall–Kier alpha value is -1.98. The quantitative estimate of drug-likeness (QED) is 0.846. The van der Waals surface area contributed by atoms with E-state index in [1.165, 1.54) is 0 Å². The van der Waals surface area contributed by atoms with E-state index in [1.807, 2.05) is 39.5 Å². The Morgan fingerprint density at radius 1 is 1.23 bits per heavy atom. The zero-order valence-corrected chi connectivity index (χ0v) is 16.8. The van der Waals surface area contributed by atoms with Gasteiger partial charge >= 0.3 is 0 Å². The van der Waals surface area contributed by atoms with E-state index in [4.69, 9.17) is 9.97 Å². The third-order valence-corrected chi connectivity index (χ3v) is 4.83. The van der Waals surface area contributed by atoms with Crippen LogP contribution in [0.25, 0.3) is 0 Å². The second-order valence-electron chi connectivity index (χ2n) is 7.56. The molecule has 2 heterocycles. The fourth-order valence-electron chi connectivity index (χ4n) is 3.52. The number of piperidine rings is 1. The van der Waals surface area contributed by atoms with Crippen molar-refractivity contribution in [1.82, 2.24) is 20.2 Å². The Kier molecular flexibility index (Phi) is 7.12.